The lowest BCUT2D eigenvalue weighted by Gasteiger charge is -2.36. The second kappa shape index (κ2) is 7.59. The molecule has 1 unspecified atom stereocenters. The molecule has 158 valence electrons. The van der Waals surface area contributed by atoms with Crippen LogP contribution in [0.3, 0.4) is 0 Å². The highest BCUT2D eigenvalue weighted by atomic mass is 16.6. The van der Waals surface area contributed by atoms with Crippen LogP contribution >= 0.6 is 0 Å². The van der Waals surface area contributed by atoms with E-state index in [1.807, 2.05) is 39.8 Å². The number of benzene rings is 1. The van der Waals surface area contributed by atoms with E-state index in [4.69, 9.17) is 4.74 Å². The lowest BCUT2D eigenvalue weighted by Crippen LogP contribution is -2.50. The van der Waals surface area contributed by atoms with Crippen molar-refractivity contribution in [2.24, 2.45) is 0 Å². The first-order chi connectivity index (χ1) is 14.2. The first-order valence-corrected chi connectivity index (χ1v) is 10.2. The Morgan fingerprint density at radius 2 is 1.90 bits per heavy atom. The topological polar surface area (TPSA) is 87.7 Å². The van der Waals surface area contributed by atoms with Crippen LogP contribution in [0, 0.1) is 0 Å². The number of ether oxygens (including phenoxy) is 1. The summed E-state index contributed by atoms with van der Waals surface area (Å²) in [5.74, 6) is 0.257. The fourth-order valence-electron chi connectivity index (χ4n) is 3.82. The summed E-state index contributed by atoms with van der Waals surface area (Å²) in [5.41, 5.74) is 3.14. The van der Waals surface area contributed by atoms with Crippen molar-refractivity contribution < 1.29 is 14.3 Å². The van der Waals surface area contributed by atoms with Gasteiger partial charge in [0, 0.05) is 43.0 Å². The van der Waals surface area contributed by atoms with E-state index in [2.05, 4.69) is 32.3 Å². The average Bonchev–Trinajstić information content (AvgIpc) is 3.01. The van der Waals surface area contributed by atoms with Gasteiger partial charge in [0.25, 0.3) is 0 Å². The predicted molar refractivity (Wildman–Crippen MR) is 115 cm³/mol. The molecule has 2 aromatic rings. The van der Waals surface area contributed by atoms with Gasteiger partial charge in [0.05, 0.1) is 11.6 Å². The molecule has 8 nitrogen and oxygen atoms in total. The van der Waals surface area contributed by atoms with Crippen LogP contribution in [0.5, 0.6) is 0 Å². The predicted octanol–water partition coefficient (Wildman–Crippen LogP) is 3.26. The Morgan fingerprint density at radius 3 is 2.60 bits per heavy atom. The molecule has 1 saturated heterocycles. The van der Waals surface area contributed by atoms with E-state index in [9.17, 15) is 9.59 Å². The molecule has 0 radical (unpaired) electrons. The number of amides is 2. The number of carbonyl (C=O) groups excluding carboxylic acids is 2. The van der Waals surface area contributed by atoms with E-state index in [-0.39, 0.29) is 17.9 Å². The Bertz CT molecular complexity index is 977. The van der Waals surface area contributed by atoms with Gasteiger partial charge in [0.15, 0.2) is 0 Å². The van der Waals surface area contributed by atoms with Gasteiger partial charge in [0.1, 0.15) is 17.7 Å². The number of aromatic nitrogens is 2. The smallest absolute Gasteiger partial charge is 0.410 e. The third kappa shape index (κ3) is 3.94. The first-order valence-electron chi connectivity index (χ1n) is 10.2. The molecular formula is C22H27N5O3. The van der Waals surface area contributed by atoms with Gasteiger partial charge in [-0.3, -0.25) is 4.79 Å². The van der Waals surface area contributed by atoms with Gasteiger partial charge in [-0.15, -0.1) is 0 Å². The van der Waals surface area contributed by atoms with Crippen LogP contribution in [-0.4, -0.2) is 58.6 Å². The van der Waals surface area contributed by atoms with Crippen molar-refractivity contribution in [1.82, 2.24) is 14.9 Å². The summed E-state index contributed by atoms with van der Waals surface area (Å²) in [5, 5.41) is 2.82. The molecule has 0 bridgehead atoms. The molecule has 0 saturated carbocycles. The Labute approximate surface area is 176 Å². The number of rotatable bonds is 2. The quantitative estimate of drug-likeness (QED) is 0.819. The molecule has 30 heavy (non-hydrogen) atoms. The number of nitrogens with zero attached hydrogens (tertiary/aromatic N) is 4. The molecule has 2 aliphatic heterocycles. The van der Waals surface area contributed by atoms with Gasteiger partial charge in [-0.05, 0) is 39.8 Å². The highest BCUT2D eigenvalue weighted by Crippen LogP contribution is 2.37. The van der Waals surface area contributed by atoms with Crippen molar-refractivity contribution in [2.75, 3.05) is 36.4 Å². The molecule has 3 heterocycles. The van der Waals surface area contributed by atoms with Crippen LogP contribution in [-0.2, 0) is 9.53 Å². The largest absolute Gasteiger partial charge is 0.444 e. The first kappa shape index (κ1) is 20.1. The Hall–Kier alpha value is -3.16. The van der Waals surface area contributed by atoms with E-state index < -0.39 is 5.60 Å². The van der Waals surface area contributed by atoms with Crippen molar-refractivity contribution >= 4 is 23.5 Å². The third-order valence-electron chi connectivity index (χ3n) is 5.37. The van der Waals surface area contributed by atoms with E-state index >= 15 is 0 Å². The van der Waals surface area contributed by atoms with E-state index in [1.165, 1.54) is 6.33 Å². The maximum Gasteiger partial charge on any atom is 0.410 e. The van der Waals surface area contributed by atoms with E-state index in [0.29, 0.717) is 18.9 Å². The summed E-state index contributed by atoms with van der Waals surface area (Å²) in [6, 6.07) is 8.13. The van der Waals surface area contributed by atoms with Crippen LogP contribution in [0.4, 0.5) is 16.3 Å². The summed E-state index contributed by atoms with van der Waals surface area (Å²) in [6.45, 7) is 10.2. The molecule has 2 aliphatic rings. The summed E-state index contributed by atoms with van der Waals surface area (Å²) < 4.78 is 5.48. The molecule has 1 atom stereocenters. The molecule has 2 amide bonds. The van der Waals surface area contributed by atoms with Gasteiger partial charge >= 0.3 is 6.09 Å². The molecule has 0 spiro atoms. The minimum Gasteiger partial charge on any atom is -0.444 e. The molecule has 1 N–H and O–H groups in total. The number of hydrogen-bond acceptors (Lipinski definition) is 6. The highest BCUT2D eigenvalue weighted by Gasteiger charge is 2.32. The standard InChI is InChI=1S/C22H27N5O3/c1-14-17-18(23-13-24-19(17)25-20(14)28)15-6-5-7-16(12-15)26-8-10-27(11-9-26)21(29)30-22(2,3)4/h5-7,12-14H,8-11H2,1-4H3,(H,23,24,25,28). The van der Waals surface area contributed by atoms with Crippen molar-refractivity contribution in [3.05, 3.63) is 36.2 Å². The van der Waals surface area contributed by atoms with Crippen LogP contribution in [0.2, 0.25) is 0 Å². The van der Waals surface area contributed by atoms with Gasteiger partial charge in [-0.25, -0.2) is 14.8 Å². The van der Waals surface area contributed by atoms with Crippen LogP contribution in [0.1, 0.15) is 39.2 Å². The van der Waals surface area contributed by atoms with Crippen molar-refractivity contribution in [3.63, 3.8) is 0 Å². The monoisotopic (exact) mass is 409 g/mol. The van der Waals surface area contributed by atoms with Gasteiger partial charge in [-0.2, -0.15) is 0 Å². The normalized spacial score (nSPS) is 18.8. The minimum atomic E-state index is -0.492. The number of hydrogen-bond donors (Lipinski definition) is 1. The molecule has 1 fully saturated rings. The Morgan fingerprint density at radius 1 is 1.17 bits per heavy atom. The SMILES string of the molecule is CC1C(=O)Nc2ncnc(-c3cccc(N4CCN(C(=O)OC(C)(C)C)CC4)c3)c21. The molecule has 1 aromatic carbocycles. The third-order valence-corrected chi connectivity index (χ3v) is 5.37. The lowest BCUT2D eigenvalue weighted by atomic mass is 9.98. The second-order valence-corrected chi connectivity index (χ2v) is 8.70. The molecular weight excluding hydrogens is 382 g/mol. The van der Waals surface area contributed by atoms with E-state index in [0.717, 1.165) is 35.6 Å². The molecule has 8 heteroatoms. The molecule has 0 aliphatic carbocycles. The van der Waals surface area contributed by atoms with Crippen LogP contribution < -0.4 is 10.2 Å². The number of carbonyl (C=O) groups is 2. The fourth-order valence-corrected chi connectivity index (χ4v) is 3.82. The van der Waals surface area contributed by atoms with Gasteiger partial charge in [0.2, 0.25) is 5.91 Å². The molecule has 1 aromatic heterocycles. The number of anilines is 2. The summed E-state index contributed by atoms with van der Waals surface area (Å²) in [4.78, 5) is 37.0. The van der Waals surface area contributed by atoms with Crippen molar-refractivity contribution in [1.29, 1.82) is 0 Å². The highest BCUT2D eigenvalue weighted by molar-refractivity contribution is 6.03. The summed E-state index contributed by atoms with van der Waals surface area (Å²) >= 11 is 0. The van der Waals surface area contributed by atoms with Gasteiger partial charge in [-0.1, -0.05) is 12.1 Å². The van der Waals surface area contributed by atoms with Crippen molar-refractivity contribution in [2.45, 2.75) is 39.2 Å². The summed E-state index contributed by atoms with van der Waals surface area (Å²) in [7, 11) is 0. The van der Waals surface area contributed by atoms with Crippen molar-refractivity contribution in [3.8, 4) is 11.3 Å². The molecule has 4 rings (SSSR count). The zero-order valence-electron chi connectivity index (χ0n) is 17.8. The zero-order valence-corrected chi connectivity index (χ0v) is 17.8. The number of piperazine rings is 1. The average molecular weight is 409 g/mol. The lowest BCUT2D eigenvalue weighted by molar-refractivity contribution is -0.116. The second-order valence-electron chi connectivity index (χ2n) is 8.70. The van der Waals surface area contributed by atoms with E-state index in [1.54, 1.807) is 4.90 Å². The Kier molecular flexibility index (Phi) is 5.09. The number of fused-ring (bicyclic) bond motifs is 1. The number of nitrogens with one attached hydrogen (secondary N) is 1. The van der Waals surface area contributed by atoms with Crippen LogP contribution in [0.15, 0.2) is 30.6 Å². The maximum atomic E-state index is 12.3. The Balaban J connectivity index is 1.51. The van der Waals surface area contributed by atoms with Gasteiger partial charge < -0.3 is 19.9 Å². The summed E-state index contributed by atoms with van der Waals surface area (Å²) in [6.07, 6.45) is 1.22. The zero-order chi connectivity index (χ0) is 21.5. The fraction of sp³-hybridized carbons (Fsp3) is 0.455. The minimum absolute atomic E-state index is 0.0545. The maximum absolute atomic E-state index is 12.3. The van der Waals surface area contributed by atoms with Crippen LogP contribution in [0.25, 0.3) is 11.3 Å².